The molecule has 0 atom stereocenters. The Labute approximate surface area is 121 Å². The van der Waals surface area contributed by atoms with Crippen LogP contribution in [-0.4, -0.2) is 24.1 Å². The molecule has 0 fully saturated rings. The first-order chi connectivity index (χ1) is 10.0. The highest BCUT2D eigenvalue weighted by Gasteiger charge is 2.14. The normalized spacial score (nSPS) is 10.0. The van der Waals surface area contributed by atoms with Crippen molar-refractivity contribution in [3.05, 3.63) is 46.0 Å². The highest BCUT2D eigenvalue weighted by molar-refractivity contribution is 5.50. The minimum atomic E-state index is -0.498. The van der Waals surface area contributed by atoms with Gasteiger partial charge in [-0.25, -0.2) is 0 Å². The standard InChI is InChI=1S/C14H15N3O4/c1-9-4-5-11(12(6-9)20-3)21-14-8-10(17(18)19)7-13(15-2)16-14/h4-8H,1-3H3,(H,15,16). The second-order valence-electron chi connectivity index (χ2n) is 4.31. The van der Waals surface area contributed by atoms with Crippen LogP contribution in [0.2, 0.25) is 0 Å². The van der Waals surface area contributed by atoms with E-state index in [1.54, 1.807) is 13.1 Å². The molecule has 1 heterocycles. The molecule has 0 bridgehead atoms. The summed E-state index contributed by atoms with van der Waals surface area (Å²) >= 11 is 0. The number of hydrogen-bond donors (Lipinski definition) is 1. The Morgan fingerprint density at radius 2 is 2.00 bits per heavy atom. The Kier molecular flexibility index (Phi) is 4.22. The summed E-state index contributed by atoms with van der Waals surface area (Å²) in [5.41, 5.74) is 0.914. The van der Waals surface area contributed by atoms with Crippen LogP contribution in [0, 0.1) is 17.0 Å². The number of aryl methyl sites for hydroxylation is 1. The van der Waals surface area contributed by atoms with Gasteiger partial charge in [-0.15, -0.1) is 0 Å². The first-order valence-electron chi connectivity index (χ1n) is 6.20. The molecule has 0 aliphatic heterocycles. The molecule has 1 N–H and O–H groups in total. The highest BCUT2D eigenvalue weighted by Crippen LogP contribution is 2.33. The first kappa shape index (κ1) is 14.6. The van der Waals surface area contributed by atoms with E-state index in [0.717, 1.165) is 5.56 Å². The Balaban J connectivity index is 2.39. The summed E-state index contributed by atoms with van der Waals surface area (Å²) in [6.07, 6.45) is 0. The molecule has 1 aromatic heterocycles. The van der Waals surface area contributed by atoms with Crippen molar-refractivity contribution in [1.29, 1.82) is 0 Å². The van der Waals surface area contributed by atoms with Crippen LogP contribution in [0.1, 0.15) is 5.56 Å². The van der Waals surface area contributed by atoms with E-state index in [1.165, 1.54) is 19.2 Å². The summed E-state index contributed by atoms with van der Waals surface area (Å²) in [7, 11) is 3.16. The van der Waals surface area contributed by atoms with Gasteiger partial charge in [0.15, 0.2) is 11.5 Å². The molecule has 0 spiro atoms. The molecule has 2 rings (SSSR count). The lowest BCUT2D eigenvalue weighted by atomic mass is 10.2. The van der Waals surface area contributed by atoms with Crippen molar-refractivity contribution in [3.8, 4) is 17.4 Å². The minimum Gasteiger partial charge on any atom is -0.493 e. The molecule has 2 aromatic rings. The Morgan fingerprint density at radius 3 is 2.62 bits per heavy atom. The van der Waals surface area contributed by atoms with Crippen LogP contribution in [-0.2, 0) is 0 Å². The minimum absolute atomic E-state index is 0.101. The summed E-state index contributed by atoms with van der Waals surface area (Å²) in [5.74, 6) is 1.45. The number of methoxy groups -OCH3 is 1. The fourth-order valence-corrected chi connectivity index (χ4v) is 1.75. The predicted octanol–water partition coefficient (Wildman–Crippen LogP) is 3.14. The molecule has 110 valence electrons. The summed E-state index contributed by atoms with van der Waals surface area (Å²) < 4.78 is 10.8. The Bertz CT molecular complexity index is 673. The van der Waals surface area contributed by atoms with Crippen molar-refractivity contribution in [2.75, 3.05) is 19.5 Å². The zero-order valence-corrected chi connectivity index (χ0v) is 11.9. The zero-order valence-electron chi connectivity index (χ0n) is 11.9. The molecule has 0 saturated carbocycles. The maximum atomic E-state index is 10.9. The quantitative estimate of drug-likeness (QED) is 0.672. The summed E-state index contributed by atoms with van der Waals surface area (Å²) in [5, 5.41) is 13.7. The molecule has 7 heteroatoms. The van der Waals surface area contributed by atoms with Crippen molar-refractivity contribution < 1.29 is 14.4 Å². The zero-order chi connectivity index (χ0) is 15.4. The molecule has 0 unspecified atom stereocenters. The largest absolute Gasteiger partial charge is 0.493 e. The number of hydrogen-bond acceptors (Lipinski definition) is 6. The van der Waals surface area contributed by atoms with E-state index in [1.807, 2.05) is 19.1 Å². The molecule has 21 heavy (non-hydrogen) atoms. The van der Waals surface area contributed by atoms with E-state index >= 15 is 0 Å². The number of aromatic nitrogens is 1. The molecule has 0 aliphatic carbocycles. The van der Waals surface area contributed by atoms with E-state index in [9.17, 15) is 10.1 Å². The highest BCUT2D eigenvalue weighted by atomic mass is 16.6. The van der Waals surface area contributed by atoms with Crippen LogP contribution in [0.4, 0.5) is 11.5 Å². The van der Waals surface area contributed by atoms with E-state index < -0.39 is 4.92 Å². The van der Waals surface area contributed by atoms with Gasteiger partial charge in [-0.05, 0) is 24.6 Å². The molecular weight excluding hydrogens is 274 g/mol. The van der Waals surface area contributed by atoms with Crippen molar-refractivity contribution in [2.45, 2.75) is 6.92 Å². The van der Waals surface area contributed by atoms with Crippen LogP contribution in [0.5, 0.6) is 17.4 Å². The third kappa shape index (κ3) is 3.38. The van der Waals surface area contributed by atoms with Gasteiger partial charge in [0.25, 0.3) is 5.69 Å². The SMILES string of the molecule is CNc1cc([N+](=O)[O-])cc(Oc2ccc(C)cc2OC)n1. The van der Waals surface area contributed by atoms with Crippen LogP contribution in [0.15, 0.2) is 30.3 Å². The fourth-order valence-electron chi connectivity index (χ4n) is 1.75. The molecule has 0 aliphatic rings. The predicted molar refractivity (Wildman–Crippen MR) is 78.2 cm³/mol. The van der Waals surface area contributed by atoms with Gasteiger partial charge in [-0.2, -0.15) is 4.98 Å². The van der Waals surface area contributed by atoms with E-state index in [-0.39, 0.29) is 11.6 Å². The summed E-state index contributed by atoms with van der Waals surface area (Å²) in [6, 6.07) is 7.99. The smallest absolute Gasteiger partial charge is 0.278 e. The topological polar surface area (TPSA) is 86.5 Å². The average Bonchev–Trinajstić information content (AvgIpc) is 2.48. The molecule has 7 nitrogen and oxygen atoms in total. The van der Waals surface area contributed by atoms with Crippen molar-refractivity contribution in [2.24, 2.45) is 0 Å². The van der Waals surface area contributed by atoms with E-state index in [0.29, 0.717) is 17.3 Å². The number of rotatable bonds is 5. The number of benzene rings is 1. The molecule has 1 aromatic carbocycles. The van der Waals surface area contributed by atoms with Crippen LogP contribution >= 0.6 is 0 Å². The number of pyridine rings is 1. The summed E-state index contributed by atoms with van der Waals surface area (Å²) in [4.78, 5) is 14.5. The molecule has 0 radical (unpaired) electrons. The maximum absolute atomic E-state index is 10.9. The van der Waals surface area contributed by atoms with E-state index in [4.69, 9.17) is 9.47 Å². The second kappa shape index (κ2) is 6.08. The van der Waals surface area contributed by atoms with Crippen molar-refractivity contribution in [1.82, 2.24) is 4.98 Å². The molecule has 0 amide bonds. The molecular formula is C14H15N3O4. The summed E-state index contributed by atoms with van der Waals surface area (Å²) in [6.45, 7) is 1.93. The number of nitrogens with one attached hydrogen (secondary N) is 1. The third-order valence-corrected chi connectivity index (χ3v) is 2.79. The second-order valence-corrected chi connectivity index (χ2v) is 4.31. The monoisotopic (exact) mass is 289 g/mol. The van der Waals surface area contributed by atoms with Gasteiger partial charge in [-0.1, -0.05) is 6.07 Å². The third-order valence-electron chi connectivity index (χ3n) is 2.79. The van der Waals surface area contributed by atoms with Crippen molar-refractivity contribution in [3.63, 3.8) is 0 Å². The number of anilines is 1. The van der Waals surface area contributed by atoms with Crippen LogP contribution < -0.4 is 14.8 Å². The van der Waals surface area contributed by atoms with Crippen molar-refractivity contribution >= 4 is 11.5 Å². The Morgan fingerprint density at radius 1 is 1.24 bits per heavy atom. The maximum Gasteiger partial charge on any atom is 0.278 e. The van der Waals surface area contributed by atoms with Crippen LogP contribution in [0.3, 0.4) is 0 Å². The van der Waals surface area contributed by atoms with Gasteiger partial charge in [0.1, 0.15) is 5.82 Å². The molecule has 0 saturated heterocycles. The number of nitrogens with zero attached hydrogens (tertiary/aromatic N) is 2. The number of ether oxygens (including phenoxy) is 2. The first-order valence-corrected chi connectivity index (χ1v) is 6.20. The van der Waals surface area contributed by atoms with Crippen LogP contribution in [0.25, 0.3) is 0 Å². The Hall–Kier alpha value is -2.83. The van der Waals surface area contributed by atoms with E-state index in [2.05, 4.69) is 10.3 Å². The average molecular weight is 289 g/mol. The lowest BCUT2D eigenvalue weighted by molar-refractivity contribution is -0.384. The van der Waals surface area contributed by atoms with Gasteiger partial charge in [0.05, 0.1) is 24.2 Å². The number of nitro groups is 1. The lowest BCUT2D eigenvalue weighted by Crippen LogP contribution is -1.99. The lowest BCUT2D eigenvalue weighted by Gasteiger charge is -2.11. The fraction of sp³-hybridized carbons (Fsp3) is 0.214. The van der Waals surface area contributed by atoms with Gasteiger partial charge in [0, 0.05) is 7.05 Å². The van der Waals surface area contributed by atoms with Gasteiger partial charge >= 0.3 is 0 Å². The van der Waals surface area contributed by atoms with Gasteiger partial charge < -0.3 is 14.8 Å². The van der Waals surface area contributed by atoms with Gasteiger partial charge in [0.2, 0.25) is 5.88 Å². The van der Waals surface area contributed by atoms with Gasteiger partial charge in [-0.3, -0.25) is 10.1 Å².